The summed E-state index contributed by atoms with van der Waals surface area (Å²) >= 11 is 0. The normalized spacial score (nSPS) is 14.8. The minimum atomic E-state index is -1.88. The fraction of sp³-hybridized carbons (Fsp3) is 0.158. The van der Waals surface area contributed by atoms with Gasteiger partial charge in [-0.15, -0.1) is 29.7 Å². The van der Waals surface area contributed by atoms with Gasteiger partial charge in [0, 0.05) is 47.0 Å². The molecule has 0 spiro atoms. The van der Waals surface area contributed by atoms with Gasteiger partial charge >= 0.3 is 0 Å². The molecule has 0 N–H and O–H groups in total. The number of aromatic nitrogens is 4. The van der Waals surface area contributed by atoms with Gasteiger partial charge in [0.15, 0.2) is 0 Å². The average Bonchev–Trinajstić information content (AvgIpc) is 3.94. The fourth-order valence-electron chi connectivity index (χ4n) is 7.84. The van der Waals surface area contributed by atoms with Crippen LogP contribution in [0, 0.1) is 23.9 Å². The van der Waals surface area contributed by atoms with Crippen LogP contribution < -0.4 is 9.30 Å². The quantitative estimate of drug-likeness (QED) is 0.112. The number of rotatable bonds is 8. The van der Waals surface area contributed by atoms with Gasteiger partial charge in [0.1, 0.15) is 5.82 Å². The van der Waals surface area contributed by atoms with Crippen molar-refractivity contribution in [3.8, 4) is 50.9 Å². The van der Waals surface area contributed by atoms with Crippen LogP contribution in [0.5, 0.6) is 11.5 Å². The second kappa shape index (κ2) is 16.6. The maximum Gasteiger partial charge on any atom is 0.268 e. The molecule has 0 bridgehead atoms. The van der Waals surface area contributed by atoms with E-state index in [9.17, 15) is 2.74 Å². The topological polar surface area (TPSA) is 35.9 Å². The van der Waals surface area contributed by atoms with Gasteiger partial charge in [-0.05, 0) is 80.4 Å². The van der Waals surface area contributed by atoms with Gasteiger partial charge in [0.05, 0.1) is 30.4 Å². The number of imidazole rings is 1. The van der Waals surface area contributed by atoms with Crippen LogP contribution >= 0.6 is 0 Å². The van der Waals surface area contributed by atoms with Crippen molar-refractivity contribution in [2.45, 2.75) is 53.3 Å². The largest absolute Gasteiger partial charge is 0.510 e. The van der Waals surface area contributed by atoms with Crippen LogP contribution in [0.3, 0.4) is 0 Å². The first kappa shape index (κ1) is 29.7. The molecular weight excluding hydrogens is 952 g/mol. The Balaban J connectivity index is 0.00000689. The van der Waals surface area contributed by atoms with Crippen molar-refractivity contribution in [1.29, 1.82) is 0 Å². The van der Waals surface area contributed by atoms with E-state index in [-0.39, 0.29) is 60.2 Å². The van der Waals surface area contributed by atoms with Crippen molar-refractivity contribution in [3.05, 3.63) is 199 Å². The molecule has 0 radical (unpaired) electrons. The van der Waals surface area contributed by atoms with Gasteiger partial charge in [-0.25, -0.2) is 4.98 Å². The first-order chi connectivity index (χ1) is 34.9. The first-order valence-corrected chi connectivity index (χ1v) is 20.3. The zero-order valence-corrected chi connectivity index (χ0v) is 37.7. The van der Waals surface area contributed by atoms with Gasteiger partial charge in [0.25, 0.3) is 6.33 Å². The third-order valence-corrected chi connectivity index (χ3v) is 10.6. The Morgan fingerprint density at radius 1 is 0.683 bits per heavy atom. The van der Waals surface area contributed by atoms with E-state index in [4.69, 9.17) is 23.4 Å². The van der Waals surface area contributed by atoms with E-state index < -0.39 is 72.2 Å². The van der Waals surface area contributed by atoms with Gasteiger partial charge in [-0.3, -0.25) is 4.57 Å². The Morgan fingerprint density at radius 2 is 1.37 bits per heavy atom. The summed E-state index contributed by atoms with van der Waals surface area (Å²) in [5, 5.41) is 1.97. The van der Waals surface area contributed by atoms with Gasteiger partial charge in [0.2, 0.25) is 0 Å². The molecule has 0 unspecified atom stereocenters. The monoisotopic (exact) mass is 1010 g/mol. The zero-order valence-electron chi connectivity index (χ0n) is 47.4. The van der Waals surface area contributed by atoms with Crippen LogP contribution in [0.1, 0.15) is 69.1 Å². The van der Waals surface area contributed by atoms with Crippen LogP contribution in [0.2, 0.25) is 0 Å². The third kappa shape index (κ3) is 8.15. The maximum atomic E-state index is 9.32. The number of fused-ring (bicyclic) bond motifs is 4. The number of pyridine rings is 1. The zero-order chi connectivity index (χ0) is 53.1. The summed E-state index contributed by atoms with van der Waals surface area (Å²) < 4.78 is 118. The van der Waals surface area contributed by atoms with Crippen LogP contribution in [-0.2, 0) is 32.9 Å². The Bertz CT molecular complexity index is 3820. The van der Waals surface area contributed by atoms with Crippen LogP contribution in [0.15, 0.2) is 170 Å². The predicted octanol–water partition coefficient (Wildman–Crippen LogP) is 13.8. The Morgan fingerprint density at radius 3 is 2.06 bits per heavy atom. The summed E-state index contributed by atoms with van der Waals surface area (Å²) in [5.74, 6) is 1.40. The molecule has 0 amide bonds. The molecule has 0 atom stereocenters. The summed E-state index contributed by atoms with van der Waals surface area (Å²) in [6.07, 6.45) is 3.33. The van der Waals surface area contributed by atoms with Crippen molar-refractivity contribution >= 4 is 32.8 Å². The Labute approximate surface area is 401 Å². The molecule has 0 aliphatic rings. The van der Waals surface area contributed by atoms with Crippen molar-refractivity contribution in [2.75, 3.05) is 0 Å². The summed E-state index contributed by atoms with van der Waals surface area (Å²) in [4.78, 5) is 4.80. The summed E-state index contributed by atoms with van der Waals surface area (Å²) in [6.45, 7) is 11.9. The summed E-state index contributed by atoms with van der Waals surface area (Å²) in [6, 6.07) is 32.1. The van der Waals surface area contributed by atoms with E-state index in [2.05, 4.69) is 55.9 Å². The summed E-state index contributed by atoms with van der Waals surface area (Å²) in [7, 11) is 0. The van der Waals surface area contributed by atoms with E-state index >= 15 is 0 Å². The Kier molecular flexibility index (Phi) is 7.83. The molecule has 0 aliphatic heterocycles. The molecular formula is C57H48N4OPt-2. The molecule has 10 rings (SSSR count). The van der Waals surface area contributed by atoms with Gasteiger partial charge in [-0.1, -0.05) is 162 Å². The van der Waals surface area contributed by atoms with Crippen molar-refractivity contribution in [2.24, 2.45) is 5.41 Å². The molecule has 5 nitrogen and oxygen atoms in total. The van der Waals surface area contributed by atoms with Gasteiger partial charge in [-0.2, -0.15) is 18.2 Å². The minimum absolute atomic E-state index is 0. The minimum Gasteiger partial charge on any atom is -0.510 e. The van der Waals surface area contributed by atoms with E-state index in [1.54, 1.807) is 78.4 Å². The molecule has 3 aromatic heterocycles. The molecule has 0 saturated heterocycles. The molecule has 0 saturated carbocycles. The van der Waals surface area contributed by atoms with Crippen LogP contribution in [-0.4, -0.2) is 14.1 Å². The number of nitrogens with zero attached hydrogens (tertiary/aromatic N) is 4. The molecule has 7 aromatic carbocycles. The first-order valence-electron chi connectivity index (χ1n) is 26.3. The average molecular weight is 1010 g/mol. The number of para-hydroxylation sites is 2. The SMILES string of the molecule is [2H]c1c([2H])c([2H])c(-c2cccc(-c3c([2H])c([2H])c([2H])c([2H])c3[2H])c2-[n+]2[c-]n(-c3[c-]c(Oc4[c-]c5c(cc4)c4ccccc4n5-c4cc(C(C)(C)C)ccn4)ccc3)c3cc(C([2H])([2H])C(C)(C)C)ccc32)c([2H])c1[2H].[Pt]. The molecule has 0 aliphatic carbocycles. The third-order valence-electron chi connectivity index (χ3n) is 10.6. The van der Waals surface area contributed by atoms with E-state index in [1.165, 1.54) is 6.07 Å². The molecule has 0 fully saturated rings. The standard InChI is InChI=1S/C57H48N4O.Pt/c1-56(2,3)37-39-27-30-51-53(33-39)59(38-60(51)55-46(40-17-9-7-10-18-40)24-16-25-47(55)41-19-11-8-12-20-41)43-21-15-22-44(35-43)62-45-28-29-49-48-23-13-14-26-50(48)61(52(49)36-45)54-34-42(31-32-58-54)57(4,5)6;/h7-34H,37H2,1-6H3;/q-2;/i7D,8D,9D,10D,11D,12D,17D,18D,19D,20D,37D2;. The molecule has 6 heteroatoms. The number of ether oxygens (including phenoxy) is 1. The smallest absolute Gasteiger partial charge is 0.268 e. The second-order valence-corrected chi connectivity index (χ2v) is 17.1. The predicted molar refractivity (Wildman–Crippen MR) is 253 cm³/mol. The van der Waals surface area contributed by atoms with Crippen LogP contribution in [0.25, 0.3) is 72.3 Å². The number of hydrogen-bond donors (Lipinski definition) is 0. The fourth-order valence-corrected chi connectivity index (χ4v) is 7.84. The maximum absolute atomic E-state index is 9.32. The molecule has 63 heavy (non-hydrogen) atoms. The molecule has 10 aromatic rings. The van der Waals surface area contributed by atoms with Crippen molar-refractivity contribution in [3.63, 3.8) is 0 Å². The number of benzene rings is 7. The van der Waals surface area contributed by atoms with E-state index in [0.717, 1.165) is 33.2 Å². The number of hydrogen-bond acceptors (Lipinski definition) is 2. The van der Waals surface area contributed by atoms with Crippen molar-refractivity contribution in [1.82, 2.24) is 14.1 Å². The van der Waals surface area contributed by atoms with Crippen LogP contribution in [0.4, 0.5) is 0 Å². The second-order valence-electron chi connectivity index (χ2n) is 17.1. The van der Waals surface area contributed by atoms with E-state index in [0.29, 0.717) is 28.0 Å². The van der Waals surface area contributed by atoms with Gasteiger partial charge < -0.3 is 13.9 Å². The summed E-state index contributed by atoms with van der Waals surface area (Å²) in [5.41, 5.74) is 3.13. The van der Waals surface area contributed by atoms with E-state index in [1.807, 2.05) is 42.6 Å². The van der Waals surface area contributed by atoms with Crippen molar-refractivity contribution < 1.29 is 46.8 Å². The molecule has 314 valence electrons. The Hall–Kier alpha value is -6.55. The molecule has 3 heterocycles.